The third-order valence-corrected chi connectivity index (χ3v) is 3.34. The maximum absolute atomic E-state index is 11.2. The van der Waals surface area contributed by atoms with Gasteiger partial charge >= 0.3 is 0 Å². The van der Waals surface area contributed by atoms with Gasteiger partial charge in [-0.1, -0.05) is 30.3 Å². The lowest BCUT2D eigenvalue weighted by Gasteiger charge is -2.43. The fourth-order valence-corrected chi connectivity index (χ4v) is 2.33. The third-order valence-electron chi connectivity index (χ3n) is 3.34. The molecule has 1 aliphatic rings. The number of rotatable bonds is 7. The van der Waals surface area contributed by atoms with Gasteiger partial charge in [0, 0.05) is 13.1 Å². The van der Waals surface area contributed by atoms with Gasteiger partial charge in [0.15, 0.2) is 0 Å². The monoisotopic (exact) mass is 264 g/mol. The second kappa shape index (κ2) is 6.14. The predicted octanol–water partition coefficient (Wildman–Crippen LogP) is -0.0172. The van der Waals surface area contributed by atoms with Gasteiger partial charge in [-0.25, -0.2) is 0 Å². The number of nitrogens with two attached hydrogens (primary N) is 1. The number of carbonyl (C=O) groups is 1. The Kier molecular flexibility index (Phi) is 4.52. The summed E-state index contributed by atoms with van der Waals surface area (Å²) >= 11 is 0. The number of hydrogen-bond acceptors (Lipinski definition) is 4. The standard InChI is InChI=1S/C14H20N2O3/c15-13(18)7-16(6-12-4-2-1-3-5-12)8-14(9-17)10-19-11-14/h1-5,17H,6-11H2,(H2,15,18). The topological polar surface area (TPSA) is 75.8 Å². The number of hydrogen-bond donors (Lipinski definition) is 2. The molecule has 5 heteroatoms. The Morgan fingerprint density at radius 2 is 2.05 bits per heavy atom. The predicted molar refractivity (Wildman–Crippen MR) is 71.3 cm³/mol. The number of aliphatic hydroxyl groups is 1. The van der Waals surface area contributed by atoms with Crippen LogP contribution in [0.15, 0.2) is 30.3 Å². The van der Waals surface area contributed by atoms with Crippen molar-refractivity contribution in [2.24, 2.45) is 11.1 Å². The molecule has 1 heterocycles. The maximum Gasteiger partial charge on any atom is 0.231 e. The van der Waals surface area contributed by atoms with E-state index in [4.69, 9.17) is 10.5 Å². The number of primary amides is 1. The van der Waals surface area contributed by atoms with Crippen LogP contribution in [0, 0.1) is 5.41 Å². The third kappa shape index (κ3) is 3.76. The summed E-state index contributed by atoms with van der Waals surface area (Å²) in [6, 6.07) is 9.91. The van der Waals surface area contributed by atoms with Gasteiger partial charge in [-0.2, -0.15) is 0 Å². The van der Waals surface area contributed by atoms with Crippen LogP contribution >= 0.6 is 0 Å². The zero-order valence-corrected chi connectivity index (χ0v) is 10.9. The van der Waals surface area contributed by atoms with E-state index in [0.29, 0.717) is 26.3 Å². The molecule has 1 saturated heterocycles. The van der Waals surface area contributed by atoms with E-state index in [1.807, 2.05) is 35.2 Å². The first-order valence-electron chi connectivity index (χ1n) is 6.37. The maximum atomic E-state index is 11.2. The fourth-order valence-electron chi connectivity index (χ4n) is 2.33. The summed E-state index contributed by atoms with van der Waals surface area (Å²) in [7, 11) is 0. The SMILES string of the molecule is NC(=O)CN(Cc1ccccc1)CC1(CO)COC1. The van der Waals surface area contributed by atoms with Crippen molar-refractivity contribution in [2.45, 2.75) is 6.54 Å². The van der Waals surface area contributed by atoms with Gasteiger partial charge in [0.25, 0.3) is 0 Å². The minimum atomic E-state index is -0.357. The highest BCUT2D eigenvalue weighted by Gasteiger charge is 2.39. The van der Waals surface area contributed by atoms with Crippen LogP contribution < -0.4 is 5.73 Å². The van der Waals surface area contributed by atoms with Crippen LogP contribution in [0.5, 0.6) is 0 Å². The fraction of sp³-hybridized carbons (Fsp3) is 0.500. The summed E-state index contributed by atoms with van der Waals surface area (Å²) in [5.41, 5.74) is 6.17. The van der Waals surface area contributed by atoms with Gasteiger partial charge in [-0.05, 0) is 5.56 Å². The van der Waals surface area contributed by atoms with Crippen LogP contribution in [0.1, 0.15) is 5.56 Å². The quantitative estimate of drug-likeness (QED) is 0.726. The average Bonchev–Trinajstić information content (AvgIpc) is 2.34. The van der Waals surface area contributed by atoms with Crippen molar-refractivity contribution in [3.05, 3.63) is 35.9 Å². The molecule has 0 atom stereocenters. The minimum Gasteiger partial charge on any atom is -0.396 e. The summed E-state index contributed by atoms with van der Waals surface area (Å²) in [5, 5.41) is 9.46. The second-order valence-corrected chi connectivity index (χ2v) is 5.25. The molecule has 2 rings (SSSR count). The smallest absolute Gasteiger partial charge is 0.231 e. The van der Waals surface area contributed by atoms with E-state index in [1.165, 1.54) is 0 Å². The van der Waals surface area contributed by atoms with Gasteiger partial charge in [-0.15, -0.1) is 0 Å². The average molecular weight is 264 g/mol. The van der Waals surface area contributed by atoms with Crippen LogP contribution in [0.4, 0.5) is 0 Å². The molecular weight excluding hydrogens is 244 g/mol. The molecule has 0 saturated carbocycles. The first kappa shape index (κ1) is 14.0. The number of carbonyl (C=O) groups excluding carboxylic acids is 1. The molecular formula is C14H20N2O3. The first-order valence-corrected chi connectivity index (χ1v) is 6.37. The Balaban J connectivity index is 2.01. The molecule has 0 aromatic heterocycles. The van der Waals surface area contributed by atoms with Gasteiger partial charge in [-0.3, -0.25) is 9.69 Å². The summed E-state index contributed by atoms with van der Waals surface area (Å²) in [6.45, 7) is 2.58. The van der Waals surface area contributed by atoms with Crippen molar-refractivity contribution in [1.29, 1.82) is 0 Å². The van der Waals surface area contributed by atoms with Crippen molar-refractivity contribution in [3.63, 3.8) is 0 Å². The number of nitrogens with zero attached hydrogens (tertiary/aromatic N) is 1. The normalized spacial score (nSPS) is 17.2. The number of benzene rings is 1. The van der Waals surface area contributed by atoms with E-state index in [1.54, 1.807) is 0 Å². The van der Waals surface area contributed by atoms with Crippen molar-refractivity contribution < 1.29 is 14.6 Å². The highest BCUT2D eigenvalue weighted by atomic mass is 16.5. The van der Waals surface area contributed by atoms with Gasteiger partial charge in [0.1, 0.15) is 0 Å². The van der Waals surface area contributed by atoms with Crippen LogP contribution in [0.2, 0.25) is 0 Å². The van der Waals surface area contributed by atoms with Gasteiger partial charge < -0.3 is 15.6 Å². The van der Waals surface area contributed by atoms with Crippen molar-refractivity contribution in [2.75, 3.05) is 32.9 Å². The molecule has 0 spiro atoms. The molecule has 0 aliphatic carbocycles. The molecule has 1 aromatic carbocycles. The molecule has 3 N–H and O–H groups in total. The van der Waals surface area contributed by atoms with E-state index in [-0.39, 0.29) is 24.5 Å². The lowest BCUT2D eigenvalue weighted by molar-refractivity contribution is -0.151. The van der Waals surface area contributed by atoms with Crippen LogP contribution in [-0.2, 0) is 16.1 Å². The zero-order chi connectivity index (χ0) is 13.7. The van der Waals surface area contributed by atoms with Crippen molar-refractivity contribution in [3.8, 4) is 0 Å². The lowest BCUT2D eigenvalue weighted by Crippen LogP contribution is -2.54. The molecule has 19 heavy (non-hydrogen) atoms. The molecule has 1 aliphatic heterocycles. The van der Waals surface area contributed by atoms with Gasteiger partial charge in [0.2, 0.25) is 5.91 Å². The molecule has 0 bridgehead atoms. The van der Waals surface area contributed by atoms with Crippen LogP contribution in [0.3, 0.4) is 0 Å². The molecule has 1 amide bonds. The Bertz CT molecular complexity index is 412. The van der Waals surface area contributed by atoms with E-state index in [9.17, 15) is 9.90 Å². The summed E-state index contributed by atoms with van der Waals surface area (Å²) in [4.78, 5) is 13.1. The molecule has 1 aromatic rings. The van der Waals surface area contributed by atoms with E-state index < -0.39 is 0 Å². The second-order valence-electron chi connectivity index (χ2n) is 5.25. The van der Waals surface area contributed by atoms with Crippen LogP contribution in [-0.4, -0.2) is 48.8 Å². The van der Waals surface area contributed by atoms with E-state index in [0.717, 1.165) is 5.56 Å². The summed E-state index contributed by atoms with van der Waals surface area (Å²) in [5.74, 6) is -0.357. The molecule has 5 nitrogen and oxygen atoms in total. The van der Waals surface area contributed by atoms with E-state index in [2.05, 4.69) is 0 Å². The summed E-state index contributed by atoms with van der Waals surface area (Å²) in [6.07, 6.45) is 0. The number of ether oxygens (including phenoxy) is 1. The van der Waals surface area contributed by atoms with E-state index >= 15 is 0 Å². The Morgan fingerprint density at radius 1 is 1.37 bits per heavy atom. The first-order chi connectivity index (χ1) is 9.13. The lowest BCUT2D eigenvalue weighted by atomic mass is 9.86. The Hall–Kier alpha value is -1.43. The minimum absolute atomic E-state index is 0.0665. The number of amides is 1. The van der Waals surface area contributed by atoms with Crippen molar-refractivity contribution >= 4 is 5.91 Å². The van der Waals surface area contributed by atoms with Gasteiger partial charge in [0.05, 0.1) is 31.8 Å². The summed E-state index contributed by atoms with van der Waals surface area (Å²) < 4.78 is 5.18. The molecule has 104 valence electrons. The Labute approximate surface area is 113 Å². The highest BCUT2D eigenvalue weighted by molar-refractivity contribution is 5.75. The van der Waals surface area contributed by atoms with Crippen LogP contribution in [0.25, 0.3) is 0 Å². The Morgan fingerprint density at radius 3 is 2.53 bits per heavy atom. The molecule has 0 radical (unpaired) electrons. The van der Waals surface area contributed by atoms with Crippen molar-refractivity contribution in [1.82, 2.24) is 4.90 Å². The number of aliphatic hydroxyl groups excluding tert-OH is 1. The largest absolute Gasteiger partial charge is 0.396 e. The zero-order valence-electron chi connectivity index (χ0n) is 10.9. The molecule has 1 fully saturated rings. The highest BCUT2D eigenvalue weighted by Crippen LogP contribution is 2.28. The molecule has 0 unspecified atom stereocenters.